The number of hydrogen-bond donors (Lipinski definition) is 1. The van der Waals surface area contributed by atoms with Crippen LogP contribution in [0.5, 0.6) is 0 Å². The van der Waals surface area contributed by atoms with E-state index in [-0.39, 0.29) is 12.1 Å². The molecular formula is C11H13N2O2. The van der Waals surface area contributed by atoms with Crippen LogP contribution in [0.15, 0.2) is 24.4 Å². The van der Waals surface area contributed by atoms with Crippen LogP contribution in [0.3, 0.4) is 0 Å². The van der Waals surface area contributed by atoms with E-state index in [4.69, 9.17) is 0 Å². The zero-order chi connectivity index (χ0) is 10.7. The number of amides is 1. The number of aliphatic hydroxyl groups is 1. The zero-order valence-corrected chi connectivity index (χ0v) is 8.39. The van der Waals surface area contributed by atoms with Crippen LogP contribution in [-0.4, -0.2) is 27.4 Å². The molecule has 1 saturated heterocycles. The van der Waals surface area contributed by atoms with Crippen molar-refractivity contribution >= 4 is 5.91 Å². The van der Waals surface area contributed by atoms with Crippen LogP contribution in [0.1, 0.15) is 29.8 Å². The van der Waals surface area contributed by atoms with Gasteiger partial charge in [0.25, 0.3) is 5.91 Å². The number of carbonyl (C=O) groups is 1. The Kier molecular flexibility index (Phi) is 2.97. The highest BCUT2D eigenvalue weighted by atomic mass is 16.3. The first kappa shape index (κ1) is 10.1. The molecule has 1 aliphatic heterocycles. The fourth-order valence-electron chi connectivity index (χ4n) is 1.66. The maximum Gasteiger partial charge on any atom is 0.274 e. The molecule has 1 fully saturated rings. The number of aromatic nitrogens is 1. The van der Waals surface area contributed by atoms with E-state index in [9.17, 15) is 9.90 Å². The number of pyridine rings is 1. The molecule has 2 heterocycles. The maximum absolute atomic E-state index is 11.9. The van der Waals surface area contributed by atoms with Gasteiger partial charge in [0.05, 0.1) is 0 Å². The predicted octanol–water partition coefficient (Wildman–Crippen LogP) is 1.57. The molecule has 15 heavy (non-hydrogen) atoms. The normalized spacial score (nSPS) is 17.8. The highest BCUT2D eigenvalue weighted by Gasteiger charge is 2.27. The second-order valence-corrected chi connectivity index (χ2v) is 3.55. The number of hydrogen-bond acceptors (Lipinski definition) is 3. The van der Waals surface area contributed by atoms with E-state index in [2.05, 4.69) is 4.98 Å². The summed E-state index contributed by atoms with van der Waals surface area (Å²) in [6.07, 6.45) is 4.20. The molecule has 0 bridgehead atoms. The summed E-state index contributed by atoms with van der Waals surface area (Å²) in [7, 11) is 0. The first-order valence-electron chi connectivity index (χ1n) is 5.07. The molecule has 0 spiro atoms. The monoisotopic (exact) mass is 205 g/mol. The van der Waals surface area contributed by atoms with E-state index in [0.717, 1.165) is 12.8 Å². The van der Waals surface area contributed by atoms with E-state index < -0.39 is 0 Å². The van der Waals surface area contributed by atoms with Gasteiger partial charge >= 0.3 is 0 Å². The minimum atomic E-state index is -0.215. The summed E-state index contributed by atoms with van der Waals surface area (Å²) in [5.74, 6) is -0.215. The summed E-state index contributed by atoms with van der Waals surface area (Å²) in [5, 5.41) is 9.59. The Balaban J connectivity index is 2.13. The van der Waals surface area contributed by atoms with Gasteiger partial charge in [-0.15, -0.1) is 0 Å². The quantitative estimate of drug-likeness (QED) is 0.757. The van der Waals surface area contributed by atoms with Crippen molar-refractivity contribution in [2.24, 2.45) is 0 Å². The number of nitrogens with zero attached hydrogens (tertiary/aromatic N) is 2. The third-order valence-electron chi connectivity index (χ3n) is 2.47. The van der Waals surface area contributed by atoms with Crippen molar-refractivity contribution in [2.75, 3.05) is 6.54 Å². The maximum atomic E-state index is 11.9. The average Bonchev–Trinajstić information content (AvgIpc) is 2.30. The third-order valence-corrected chi connectivity index (χ3v) is 2.47. The number of piperidine rings is 1. The average molecular weight is 205 g/mol. The Labute approximate surface area is 88.6 Å². The van der Waals surface area contributed by atoms with E-state index in [0.29, 0.717) is 18.7 Å². The molecular weight excluding hydrogens is 192 g/mol. The standard InChI is InChI=1S/C11H13N2O2/c14-10-6-2-4-8-13(10)11(15)9-5-1-3-7-12-9/h1,3,5,7,14H,2,4,6,8H2. The Morgan fingerprint density at radius 1 is 1.40 bits per heavy atom. The lowest BCUT2D eigenvalue weighted by Gasteiger charge is -2.30. The van der Waals surface area contributed by atoms with Gasteiger partial charge in [0, 0.05) is 19.2 Å². The first-order valence-corrected chi connectivity index (χ1v) is 5.07. The van der Waals surface area contributed by atoms with Crippen molar-refractivity contribution in [3.63, 3.8) is 0 Å². The summed E-state index contributed by atoms with van der Waals surface area (Å²) in [4.78, 5) is 17.3. The molecule has 1 aromatic rings. The van der Waals surface area contributed by atoms with Crippen LogP contribution in [0.4, 0.5) is 0 Å². The molecule has 0 aromatic carbocycles. The van der Waals surface area contributed by atoms with Crippen molar-refractivity contribution in [2.45, 2.75) is 19.3 Å². The third kappa shape index (κ3) is 2.15. The molecule has 79 valence electrons. The van der Waals surface area contributed by atoms with Crippen molar-refractivity contribution in [3.05, 3.63) is 36.3 Å². The van der Waals surface area contributed by atoms with Crippen molar-refractivity contribution < 1.29 is 9.90 Å². The van der Waals surface area contributed by atoms with Crippen LogP contribution in [0.25, 0.3) is 0 Å². The van der Waals surface area contributed by atoms with Crippen LogP contribution < -0.4 is 0 Å². The zero-order valence-electron chi connectivity index (χ0n) is 8.39. The Morgan fingerprint density at radius 3 is 2.93 bits per heavy atom. The van der Waals surface area contributed by atoms with Gasteiger partial charge in [0.2, 0.25) is 0 Å². The lowest BCUT2D eigenvalue weighted by atomic mass is 10.1. The van der Waals surface area contributed by atoms with Crippen molar-refractivity contribution in [1.29, 1.82) is 0 Å². The molecule has 1 aromatic heterocycles. The highest BCUT2D eigenvalue weighted by Crippen LogP contribution is 2.21. The number of likely N-dealkylation sites (tertiary alicyclic amines) is 1. The molecule has 4 nitrogen and oxygen atoms in total. The Morgan fingerprint density at radius 2 is 2.27 bits per heavy atom. The van der Waals surface area contributed by atoms with Gasteiger partial charge in [-0.25, -0.2) is 0 Å². The van der Waals surface area contributed by atoms with E-state index in [1.54, 1.807) is 24.4 Å². The van der Waals surface area contributed by atoms with Gasteiger partial charge in [-0.2, -0.15) is 0 Å². The lowest BCUT2D eigenvalue weighted by molar-refractivity contribution is 0.0460. The lowest BCUT2D eigenvalue weighted by Crippen LogP contribution is -2.38. The predicted molar refractivity (Wildman–Crippen MR) is 54.3 cm³/mol. The van der Waals surface area contributed by atoms with Gasteiger partial charge in [0.15, 0.2) is 6.23 Å². The highest BCUT2D eigenvalue weighted by molar-refractivity contribution is 5.92. The van der Waals surface area contributed by atoms with Crippen molar-refractivity contribution in [3.8, 4) is 0 Å². The molecule has 2 rings (SSSR count). The molecule has 1 aliphatic rings. The molecule has 1 amide bonds. The molecule has 1 radical (unpaired) electrons. The van der Waals surface area contributed by atoms with Crippen LogP contribution in [0.2, 0.25) is 0 Å². The van der Waals surface area contributed by atoms with Gasteiger partial charge in [-0.1, -0.05) is 6.07 Å². The van der Waals surface area contributed by atoms with E-state index in [1.165, 1.54) is 4.90 Å². The summed E-state index contributed by atoms with van der Waals surface area (Å²) in [6.45, 7) is 0.585. The van der Waals surface area contributed by atoms with Crippen LogP contribution in [-0.2, 0) is 0 Å². The second kappa shape index (κ2) is 4.40. The minimum absolute atomic E-state index is 0.164. The molecule has 0 saturated carbocycles. The fraction of sp³-hybridized carbons (Fsp3) is 0.364. The first-order chi connectivity index (χ1) is 7.29. The Hall–Kier alpha value is -1.42. The van der Waals surface area contributed by atoms with Gasteiger partial charge in [-0.3, -0.25) is 9.78 Å². The van der Waals surface area contributed by atoms with Crippen LogP contribution >= 0.6 is 0 Å². The number of aliphatic hydroxyl groups excluding tert-OH is 1. The van der Waals surface area contributed by atoms with Crippen molar-refractivity contribution in [1.82, 2.24) is 9.88 Å². The number of carbonyl (C=O) groups excluding carboxylic acids is 1. The SMILES string of the molecule is O=C(c1ccccn1)N1CCCC[C]1O. The summed E-state index contributed by atoms with van der Waals surface area (Å²) in [5.41, 5.74) is 0.381. The summed E-state index contributed by atoms with van der Waals surface area (Å²) >= 11 is 0. The van der Waals surface area contributed by atoms with Gasteiger partial charge in [-0.05, 0) is 25.0 Å². The van der Waals surface area contributed by atoms with E-state index in [1.807, 2.05) is 0 Å². The summed E-state index contributed by atoms with van der Waals surface area (Å²) < 4.78 is 0. The molecule has 1 N–H and O–H groups in total. The molecule has 0 aliphatic carbocycles. The molecule has 4 heteroatoms. The largest absolute Gasteiger partial charge is 0.367 e. The molecule has 0 unspecified atom stereocenters. The van der Waals surface area contributed by atoms with E-state index >= 15 is 0 Å². The summed E-state index contributed by atoms with van der Waals surface area (Å²) in [6, 6.07) is 5.18. The van der Waals surface area contributed by atoms with Gasteiger partial charge in [0.1, 0.15) is 5.69 Å². The minimum Gasteiger partial charge on any atom is -0.367 e. The number of rotatable bonds is 1. The molecule has 0 atom stereocenters. The second-order valence-electron chi connectivity index (χ2n) is 3.55. The topological polar surface area (TPSA) is 53.4 Å². The fourth-order valence-corrected chi connectivity index (χ4v) is 1.66. The van der Waals surface area contributed by atoms with Gasteiger partial charge < -0.3 is 10.0 Å². The van der Waals surface area contributed by atoms with Crippen LogP contribution in [0, 0.1) is 6.23 Å². The smallest absolute Gasteiger partial charge is 0.274 e. The Bertz CT molecular complexity index is 340.